The number of amides is 1. The number of nitrogens with zero attached hydrogens (tertiary/aromatic N) is 2. The van der Waals surface area contributed by atoms with Crippen molar-refractivity contribution in [1.29, 1.82) is 0 Å². The Morgan fingerprint density at radius 2 is 2.00 bits per heavy atom. The lowest BCUT2D eigenvalue weighted by Gasteiger charge is -2.29. The van der Waals surface area contributed by atoms with E-state index in [-0.39, 0.29) is 49.0 Å². The molecule has 5 atom stereocenters. The van der Waals surface area contributed by atoms with Gasteiger partial charge in [0.2, 0.25) is 5.91 Å². The highest BCUT2D eigenvalue weighted by atomic mass is 16.6. The van der Waals surface area contributed by atoms with E-state index in [1.807, 2.05) is 49.4 Å². The molecular formula is C34H38N2O6. The number of ketones is 1. The average Bonchev–Trinajstić information content (AvgIpc) is 3.28. The fourth-order valence-electron chi connectivity index (χ4n) is 6.78. The molecule has 8 nitrogen and oxygen atoms in total. The minimum Gasteiger partial charge on any atom is -0.481 e. The molecule has 220 valence electrons. The van der Waals surface area contributed by atoms with E-state index in [1.165, 1.54) is 0 Å². The number of carboxylic acids is 1. The Morgan fingerprint density at radius 3 is 2.81 bits per heavy atom. The maximum atomic E-state index is 14.3. The molecule has 2 aliphatic heterocycles. The lowest BCUT2D eigenvalue weighted by atomic mass is 9.90. The number of aliphatic carboxylic acids is 1. The number of aromatic nitrogens is 1. The highest BCUT2D eigenvalue weighted by molar-refractivity contribution is 5.95. The standard InChI is InChI=1S/C34H38N2O6/c1-22-10-9-11-23(16-22)17-24-12-5-3-2-4-6-13-25-19-34(25,32(39)40)20-29(37)28-18-26(21-36(28)31(24)38)41-33-35-27-14-7-8-15-30(27)42-33/h6-11,13-16,24-26,28H,2-5,12,17-21H2,1H3,(H,39,40)/b13-6-/t24-,25-,26-,28+,34-/m1/s1. The molecule has 1 aromatic heterocycles. The molecule has 0 radical (unpaired) electrons. The molecule has 3 aliphatic rings. The smallest absolute Gasteiger partial charge is 0.394 e. The summed E-state index contributed by atoms with van der Waals surface area (Å²) < 4.78 is 11.9. The Hall–Kier alpha value is -3.94. The zero-order chi connectivity index (χ0) is 29.3. The van der Waals surface area contributed by atoms with Gasteiger partial charge >= 0.3 is 12.0 Å². The number of hydrogen-bond donors (Lipinski definition) is 1. The average molecular weight is 571 g/mol. The third-order valence-corrected chi connectivity index (χ3v) is 9.21. The van der Waals surface area contributed by atoms with Gasteiger partial charge in [0.05, 0.1) is 18.0 Å². The number of carboxylic acid groups (broad SMARTS) is 1. The molecular weight excluding hydrogens is 532 g/mol. The van der Waals surface area contributed by atoms with E-state index < -0.39 is 23.5 Å². The molecule has 2 aromatic carbocycles. The molecule has 6 rings (SSSR count). The van der Waals surface area contributed by atoms with Gasteiger partial charge in [-0.05, 0) is 62.6 Å². The van der Waals surface area contributed by atoms with E-state index in [0.29, 0.717) is 23.9 Å². The van der Waals surface area contributed by atoms with Gasteiger partial charge in [0.1, 0.15) is 11.6 Å². The number of benzene rings is 2. The summed E-state index contributed by atoms with van der Waals surface area (Å²) >= 11 is 0. The van der Waals surface area contributed by atoms with Crippen LogP contribution in [0.3, 0.4) is 0 Å². The first-order valence-electron chi connectivity index (χ1n) is 15.1. The van der Waals surface area contributed by atoms with Crippen molar-refractivity contribution in [3.05, 3.63) is 71.8 Å². The van der Waals surface area contributed by atoms with E-state index in [1.54, 1.807) is 4.90 Å². The van der Waals surface area contributed by atoms with Crippen molar-refractivity contribution in [2.75, 3.05) is 6.54 Å². The molecule has 1 N–H and O–H groups in total. The predicted octanol–water partition coefficient (Wildman–Crippen LogP) is 5.91. The van der Waals surface area contributed by atoms with Gasteiger partial charge in [0.25, 0.3) is 0 Å². The van der Waals surface area contributed by atoms with Crippen LogP contribution in [0.5, 0.6) is 6.08 Å². The summed E-state index contributed by atoms with van der Waals surface area (Å²) in [6, 6.07) is 14.8. The second-order valence-corrected chi connectivity index (χ2v) is 12.3. The molecule has 1 saturated heterocycles. The van der Waals surface area contributed by atoms with Crippen molar-refractivity contribution < 1.29 is 28.6 Å². The Morgan fingerprint density at radius 1 is 1.14 bits per heavy atom. The number of fused-ring (bicyclic) bond motifs is 3. The Bertz CT molecular complexity index is 1480. The van der Waals surface area contributed by atoms with Crippen molar-refractivity contribution >= 4 is 28.8 Å². The summed E-state index contributed by atoms with van der Waals surface area (Å²) in [5.41, 5.74) is 2.41. The van der Waals surface area contributed by atoms with Crippen LogP contribution in [0.1, 0.15) is 62.5 Å². The van der Waals surface area contributed by atoms with Crippen LogP contribution in [-0.2, 0) is 20.8 Å². The number of hydrogen-bond acceptors (Lipinski definition) is 6. The lowest BCUT2D eigenvalue weighted by molar-refractivity contribution is -0.147. The molecule has 3 aromatic rings. The van der Waals surface area contributed by atoms with E-state index in [4.69, 9.17) is 9.15 Å². The number of allylic oxidation sites excluding steroid dienone is 2. The summed E-state index contributed by atoms with van der Waals surface area (Å²) in [5.74, 6) is -1.66. The van der Waals surface area contributed by atoms with Crippen LogP contribution >= 0.6 is 0 Å². The highest BCUT2D eigenvalue weighted by Crippen LogP contribution is 2.57. The highest BCUT2D eigenvalue weighted by Gasteiger charge is 2.61. The normalized spacial score (nSPS) is 29.3. The second kappa shape index (κ2) is 11.7. The van der Waals surface area contributed by atoms with Crippen LogP contribution < -0.4 is 4.74 Å². The van der Waals surface area contributed by atoms with Gasteiger partial charge < -0.3 is 19.2 Å². The van der Waals surface area contributed by atoms with Crippen molar-refractivity contribution in [3.63, 3.8) is 0 Å². The number of carbonyl (C=O) groups excluding carboxylic acids is 2. The summed E-state index contributed by atoms with van der Waals surface area (Å²) in [7, 11) is 0. The molecule has 8 heteroatoms. The molecule has 42 heavy (non-hydrogen) atoms. The van der Waals surface area contributed by atoms with Gasteiger partial charge in [-0.2, -0.15) is 4.98 Å². The molecule has 0 unspecified atom stereocenters. The van der Waals surface area contributed by atoms with Crippen molar-refractivity contribution in [1.82, 2.24) is 9.88 Å². The molecule has 1 aliphatic carbocycles. The summed E-state index contributed by atoms with van der Waals surface area (Å²) in [4.78, 5) is 46.7. The third kappa shape index (κ3) is 5.85. The lowest BCUT2D eigenvalue weighted by Crippen LogP contribution is -2.45. The predicted molar refractivity (Wildman–Crippen MR) is 157 cm³/mol. The fourth-order valence-corrected chi connectivity index (χ4v) is 6.78. The molecule has 1 saturated carbocycles. The Kier molecular flexibility index (Phi) is 7.88. The van der Waals surface area contributed by atoms with Crippen molar-refractivity contribution in [3.8, 4) is 6.08 Å². The van der Waals surface area contributed by atoms with Crippen LogP contribution in [0.15, 0.2) is 65.1 Å². The number of aryl methyl sites for hydroxylation is 1. The zero-order valence-corrected chi connectivity index (χ0v) is 24.0. The number of Topliss-reactive ketones (excluding diaryl/α,β-unsaturated/α-hetero) is 1. The maximum absolute atomic E-state index is 14.3. The largest absolute Gasteiger partial charge is 0.481 e. The second-order valence-electron chi connectivity index (χ2n) is 12.3. The van der Waals surface area contributed by atoms with E-state index >= 15 is 0 Å². The maximum Gasteiger partial charge on any atom is 0.394 e. The molecule has 2 fully saturated rings. The van der Waals surface area contributed by atoms with E-state index in [2.05, 4.69) is 23.2 Å². The fraction of sp³-hybridized carbons (Fsp3) is 0.471. The van der Waals surface area contributed by atoms with Crippen LogP contribution in [-0.4, -0.2) is 51.3 Å². The molecule has 1 amide bonds. The van der Waals surface area contributed by atoms with Gasteiger partial charge in [0, 0.05) is 18.8 Å². The minimum atomic E-state index is -1.09. The zero-order valence-electron chi connectivity index (χ0n) is 24.0. The van der Waals surface area contributed by atoms with Crippen LogP contribution in [0.25, 0.3) is 11.1 Å². The first-order valence-corrected chi connectivity index (χ1v) is 15.1. The molecule has 3 heterocycles. The van der Waals surface area contributed by atoms with Crippen LogP contribution in [0.4, 0.5) is 0 Å². The number of ether oxygens (including phenoxy) is 1. The summed E-state index contributed by atoms with van der Waals surface area (Å²) in [6.45, 7) is 2.27. The minimum absolute atomic E-state index is 0.0664. The van der Waals surface area contributed by atoms with E-state index in [0.717, 1.165) is 43.2 Å². The number of para-hydroxylation sites is 2. The quantitative estimate of drug-likeness (QED) is 0.380. The van der Waals surface area contributed by atoms with E-state index in [9.17, 15) is 19.5 Å². The van der Waals surface area contributed by atoms with Gasteiger partial charge in [-0.3, -0.25) is 14.4 Å². The van der Waals surface area contributed by atoms with Gasteiger partial charge in [-0.15, -0.1) is 0 Å². The van der Waals surface area contributed by atoms with Gasteiger partial charge in [-0.25, -0.2) is 0 Å². The summed E-state index contributed by atoms with van der Waals surface area (Å²) in [5, 5.41) is 10.1. The first-order chi connectivity index (χ1) is 20.3. The van der Waals surface area contributed by atoms with Crippen molar-refractivity contribution in [2.24, 2.45) is 17.3 Å². The Balaban J connectivity index is 1.29. The van der Waals surface area contributed by atoms with Crippen LogP contribution in [0.2, 0.25) is 0 Å². The molecule has 0 spiro atoms. The Labute approximate surface area is 245 Å². The third-order valence-electron chi connectivity index (χ3n) is 9.21. The topological polar surface area (TPSA) is 110 Å². The number of rotatable bonds is 5. The van der Waals surface area contributed by atoms with Crippen molar-refractivity contribution in [2.45, 2.75) is 76.9 Å². The number of oxazole rings is 1. The number of carbonyl (C=O) groups is 3. The van der Waals surface area contributed by atoms with Crippen LogP contribution in [0, 0.1) is 24.2 Å². The summed E-state index contributed by atoms with van der Waals surface area (Å²) in [6.07, 6.45) is 9.38. The van der Waals surface area contributed by atoms with Gasteiger partial charge in [0.15, 0.2) is 11.4 Å². The molecule has 0 bridgehead atoms. The first kappa shape index (κ1) is 28.2. The monoisotopic (exact) mass is 570 g/mol. The van der Waals surface area contributed by atoms with Gasteiger partial charge in [-0.1, -0.05) is 67.0 Å². The SMILES string of the molecule is Cc1cccc(C[C@H]2CCCCC/C=C\[C@@H]3C[C@@]3(C(=O)O)CC(=O)[C@@H]3C[C@@H](Oc4nc5ccccc5o4)CN3C2=O)c1.